The Hall–Kier alpha value is -0.780. The van der Waals surface area contributed by atoms with Gasteiger partial charge in [0, 0.05) is 15.8 Å². The predicted molar refractivity (Wildman–Crippen MR) is 70.3 cm³/mol. The molecule has 6 heteroatoms. The quantitative estimate of drug-likeness (QED) is 0.848. The Balaban J connectivity index is 3.13. The van der Waals surface area contributed by atoms with E-state index in [0.717, 1.165) is 11.8 Å². The molecule has 18 heavy (non-hydrogen) atoms. The highest BCUT2D eigenvalue weighted by Gasteiger charge is 2.29. The highest BCUT2D eigenvalue weighted by Crippen LogP contribution is 2.38. The fourth-order valence-electron chi connectivity index (χ4n) is 1.39. The third-order valence-corrected chi connectivity index (χ3v) is 3.95. The first-order valence-corrected chi connectivity index (χ1v) is 6.61. The van der Waals surface area contributed by atoms with Gasteiger partial charge in [0.2, 0.25) is 0 Å². The Morgan fingerprint density at radius 3 is 2.78 bits per heavy atom. The minimum atomic E-state index is -0.883. The van der Waals surface area contributed by atoms with E-state index in [4.69, 9.17) is 16.7 Å². The van der Waals surface area contributed by atoms with Crippen LogP contribution in [0.2, 0.25) is 5.02 Å². The van der Waals surface area contributed by atoms with Crippen molar-refractivity contribution in [1.29, 1.82) is 0 Å². The number of thioether (sulfide) groups is 1. The van der Waals surface area contributed by atoms with E-state index in [2.05, 4.69) is 4.74 Å². The van der Waals surface area contributed by atoms with Gasteiger partial charge in [0.25, 0.3) is 0 Å². The number of hydrogen-bond donors (Lipinski definition) is 1. The molecule has 0 saturated heterocycles. The molecule has 0 amide bonds. The third-order valence-electron chi connectivity index (χ3n) is 2.30. The van der Waals surface area contributed by atoms with E-state index in [1.165, 1.54) is 25.3 Å². The second-order valence-corrected chi connectivity index (χ2v) is 5.62. The van der Waals surface area contributed by atoms with E-state index in [0.29, 0.717) is 0 Å². The van der Waals surface area contributed by atoms with Crippen LogP contribution in [0.3, 0.4) is 0 Å². The number of carbonyl (C=O) groups is 1. The molecule has 1 aromatic carbocycles. The molecule has 0 aromatic heterocycles. The molecule has 0 aliphatic rings. The van der Waals surface area contributed by atoms with Gasteiger partial charge in [-0.25, -0.2) is 4.39 Å². The molecule has 2 atom stereocenters. The first-order chi connectivity index (χ1) is 8.51. The lowest BCUT2D eigenvalue weighted by atomic mass is 10.1. The Bertz CT molecular complexity index is 408. The fourth-order valence-corrected chi connectivity index (χ4v) is 2.86. The lowest BCUT2D eigenvalue weighted by Gasteiger charge is -2.19. The Morgan fingerprint density at radius 1 is 1.61 bits per heavy atom. The van der Waals surface area contributed by atoms with Crippen LogP contribution < -0.4 is 0 Å². The molecule has 2 unspecified atom stereocenters. The SMILES string of the molecule is COC(=O)C(SC(C)CO)c1c(F)cccc1Cl. The normalized spacial score (nSPS) is 14.1. The summed E-state index contributed by atoms with van der Waals surface area (Å²) in [4.78, 5) is 11.7. The minimum absolute atomic E-state index is 0.0938. The summed E-state index contributed by atoms with van der Waals surface area (Å²) in [6, 6.07) is 4.22. The van der Waals surface area contributed by atoms with Gasteiger partial charge in [-0.2, -0.15) is 0 Å². The zero-order valence-electron chi connectivity index (χ0n) is 10.0. The van der Waals surface area contributed by atoms with Crippen molar-refractivity contribution < 1.29 is 19.0 Å². The molecule has 3 nitrogen and oxygen atoms in total. The van der Waals surface area contributed by atoms with Crippen LogP contribution in [0, 0.1) is 5.82 Å². The Morgan fingerprint density at radius 2 is 2.28 bits per heavy atom. The number of carbonyl (C=O) groups excluding carboxylic acids is 1. The standard InChI is InChI=1S/C12H14ClFO3S/c1-7(6-15)18-11(12(16)17-2)10-8(13)4-3-5-9(10)14/h3-5,7,11,15H,6H2,1-2H3. The largest absolute Gasteiger partial charge is 0.468 e. The van der Waals surface area contributed by atoms with Crippen molar-refractivity contribution in [3.8, 4) is 0 Å². The second-order valence-electron chi connectivity index (χ2n) is 3.67. The van der Waals surface area contributed by atoms with Gasteiger partial charge in [-0.05, 0) is 12.1 Å². The molecule has 0 aliphatic carbocycles. The lowest BCUT2D eigenvalue weighted by Crippen LogP contribution is -2.17. The second kappa shape index (κ2) is 6.97. The maximum atomic E-state index is 13.8. The van der Waals surface area contributed by atoms with Crippen LogP contribution in [-0.4, -0.2) is 30.0 Å². The third kappa shape index (κ3) is 3.60. The van der Waals surface area contributed by atoms with Gasteiger partial charge in [0.1, 0.15) is 11.1 Å². The summed E-state index contributed by atoms with van der Waals surface area (Å²) in [6.45, 7) is 1.61. The van der Waals surface area contributed by atoms with Crippen molar-refractivity contribution >= 4 is 29.3 Å². The molecule has 0 fully saturated rings. The van der Waals surface area contributed by atoms with Gasteiger partial charge in [0.05, 0.1) is 13.7 Å². The van der Waals surface area contributed by atoms with Gasteiger partial charge in [-0.15, -0.1) is 11.8 Å². The Kier molecular flexibility index (Phi) is 5.91. The van der Waals surface area contributed by atoms with E-state index in [1.807, 2.05) is 0 Å². The smallest absolute Gasteiger partial charge is 0.323 e. The van der Waals surface area contributed by atoms with Gasteiger partial charge >= 0.3 is 5.97 Å². The molecule has 1 N–H and O–H groups in total. The summed E-state index contributed by atoms with van der Waals surface area (Å²) in [5.41, 5.74) is 0.0938. The van der Waals surface area contributed by atoms with Gasteiger partial charge < -0.3 is 9.84 Å². The number of hydrogen-bond acceptors (Lipinski definition) is 4. The summed E-state index contributed by atoms with van der Waals surface area (Å²) < 4.78 is 18.4. The van der Waals surface area contributed by atoms with Crippen molar-refractivity contribution in [1.82, 2.24) is 0 Å². The molecule has 0 heterocycles. The van der Waals surface area contributed by atoms with Crippen LogP contribution in [0.1, 0.15) is 17.7 Å². The number of benzene rings is 1. The molecule has 0 bridgehead atoms. The summed E-state index contributed by atoms with van der Waals surface area (Å²) >= 11 is 7.04. The topological polar surface area (TPSA) is 46.5 Å². The highest BCUT2D eigenvalue weighted by molar-refractivity contribution is 8.00. The number of aliphatic hydroxyl groups excluding tert-OH is 1. The minimum Gasteiger partial charge on any atom is -0.468 e. The van der Waals surface area contributed by atoms with Gasteiger partial charge in [0.15, 0.2) is 0 Å². The predicted octanol–water partition coefficient (Wildman–Crippen LogP) is 2.81. The Labute approximate surface area is 114 Å². The van der Waals surface area contributed by atoms with E-state index >= 15 is 0 Å². The summed E-state index contributed by atoms with van der Waals surface area (Å²) in [7, 11) is 1.23. The number of halogens is 2. The molecular weight excluding hydrogens is 279 g/mol. The average Bonchev–Trinajstić information content (AvgIpc) is 2.36. The molecular formula is C12H14ClFO3S. The van der Waals surface area contributed by atoms with E-state index in [-0.39, 0.29) is 22.4 Å². The highest BCUT2D eigenvalue weighted by atomic mass is 35.5. The lowest BCUT2D eigenvalue weighted by molar-refractivity contribution is -0.140. The number of methoxy groups -OCH3 is 1. The van der Waals surface area contributed by atoms with Crippen LogP contribution in [0.5, 0.6) is 0 Å². The fraction of sp³-hybridized carbons (Fsp3) is 0.417. The first kappa shape index (κ1) is 15.3. The number of rotatable bonds is 5. The monoisotopic (exact) mass is 292 g/mol. The van der Waals surface area contributed by atoms with Crippen molar-refractivity contribution in [3.05, 3.63) is 34.6 Å². The first-order valence-electron chi connectivity index (χ1n) is 5.29. The van der Waals surface area contributed by atoms with Gasteiger partial charge in [-0.3, -0.25) is 4.79 Å². The zero-order chi connectivity index (χ0) is 13.7. The van der Waals surface area contributed by atoms with Crippen LogP contribution in [0.25, 0.3) is 0 Å². The molecule has 1 aromatic rings. The number of aliphatic hydroxyl groups is 1. The van der Waals surface area contributed by atoms with Crippen molar-refractivity contribution in [2.24, 2.45) is 0 Å². The van der Waals surface area contributed by atoms with Crippen LogP contribution in [-0.2, 0) is 9.53 Å². The number of esters is 1. The van der Waals surface area contributed by atoms with Crippen LogP contribution in [0.4, 0.5) is 4.39 Å². The zero-order valence-corrected chi connectivity index (χ0v) is 11.6. The number of ether oxygens (including phenoxy) is 1. The molecule has 0 aliphatic heterocycles. The summed E-state index contributed by atoms with van der Waals surface area (Å²) in [5, 5.41) is 8.08. The van der Waals surface area contributed by atoms with Gasteiger partial charge in [-0.1, -0.05) is 24.6 Å². The molecule has 100 valence electrons. The maximum absolute atomic E-state index is 13.8. The van der Waals surface area contributed by atoms with Crippen LogP contribution in [0.15, 0.2) is 18.2 Å². The van der Waals surface area contributed by atoms with Crippen molar-refractivity contribution in [2.45, 2.75) is 17.4 Å². The maximum Gasteiger partial charge on any atom is 0.323 e. The molecule has 0 radical (unpaired) electrons. The summed E-state index contributed by atoms with van der Waals surface area (Å²) in [5.74, 6) is -1.15. The molecule has 0 saturated carbocycles. The van der Waals surface area contributed by atoms with E-state index < -0.39 is 17.0 Å². The average molecular weight is 293 g/mol. The molecule has 0 spiro atoms. The van der Waals surface area contributed by atoms with E-state index in [1.54, 1.807) is 6.92 Å². The van der Waals surface area contributed by atoms with Crippen LogP contribution >= 0.6 is 23.4 Å². The van der Waals surface area contributed by atoms with Crippen molar-refractivity contribution in [2.75, 3.05) is 13.7 Å². The summed E-state index contributed by atoms with van der Waals surface area (Å²) in [6.07, 6.45) is 0. The molecule has 1 rings (SSSR count). The van der Waals surface area contributed by atoms with E-state index in [9.17, 15) is 9.18 Å². The van der Waals surface area contributed by atoms with Crippen molar-refractivity contribution in [3.63, 3.8) is 0 Å².